The van der Waals surface area contributed by atoms with Gasteiger partial charge in [0.05, 0.1) is 17.5 Å². The molecule has 2 rings (SSSR count). The third kappa shape index (κ3) is 4.13. The molecule has 7 nitrogen and oxygen atoms in total. The first-order chi connectivity index (χ1) is 12.0. The number of carbonyl (C=O) groups is 3. The van der Waals surface area contributed by atoms with Gasteiger partial charge in [-0.2, -0.15) is 0 Å². The fourth-order valence-corrected chi connectivity index (χ4v) is 2.48. The van der Waals surface area contributed by atoms with Crippen molar-refractivity contribution in [2.75, 3.05) is 14.1 Å². The molecule has 0 saturated carbocycles. The lowest BCUT2D eigenvalue weighted by molar-refractivity contribution is -0.151. The van der Waals surface area contributed by atoms with E-state index < -0.39 is 23.4 Å². The van der Waals surface area contributed by atoms with Crippen LogP contribution in [0.2, 0.25) is 0 Å². The van der Waals surface area contributed by atoms with Gasteiger partial charge in [0.15, 0.2) is 5.70 Å². The van der Waals surface area contributed by atoms with E-state index in [9.17, 15) is 14.4 Å². The molecule has 0 aliphatic carbocycles. The minimum Gasteiger partial charge on any atom is -0.455 e. The Balaban J connectivity index is 2.55. The first-order valence-electron chi connectivity index (χ1n) is 7.88. The van der Waals surface area contributed by atoms with E-state index in [1.165, 1.54) is 18.5 Å². The minimum atomic E-state index is -0.854. The number of amides is 2. The summed E-state index contributed by atoms with van der Waals surface area (Å²) >= 11 is 4.23. The fraction of sp³-hybridized carbons (Fsp3) is 0.333. The molecule has 1 aliphatic rings. The lowest BCUT2D eigenvalue weighted by atomic mass is 10.1. The SMILES string of the molecule is CN(C)/C=N/C(S)=C(\C(=O)OC(C)(C)C)N1C(=O)c2ccccc2C1=O. The Hall–Kier alpha value is -2.61. The number of imide groups is 1. The van der Waals surface area contributed by atoms with Crippen LogP contribution >= 0.6 is 12.6 Å². The monoisotopic (exact) mass is 375 g/mol. The second-order valence-corrected chi connectivity index (χ2v) is 7.30. The summed E-state index contributed by atoms with van der Waals surface area (Å²) in [7, 11) is 3.47. The van der Waals surface area contributed by atoms with Crippen molar-refractivity contribution in [2.24, 2.45) is 4.99 Å². The number of rotatable bonds is 4. The average molecular weight is 375 g/mol. The summed E-state index contributed by atoms with van der Waals surface area (Å²) in [4.78, 5) is 44.6. The molecular formula is C18H21N3O4S. The van der Waals surface area contributed by atoms with E-state index in [0.29, 0.717) is 0 Å². The first kappa shape index (κ1) is 19.7. The van der Waals surface area contributed by atoms with Crippen LogP contribution in [0.4, 0.5) is 0 Å². The summed E-state index contributed by atoms with van der Waals surface area (Å²) in [5.74, 6) is -2.08. The zero-order chi connectivity index (χ0) is 19.6. The first-order valence-corrected chi connectivity index (χ1v) is 8.32. The Morgan fingerprint density at radius 2 is 1.65 bits per heavy atom. The van der Waals surface area contributed by atoms with Crippen LogP contribution in [0.15, 0.2) is 40.0 Å². The molecule has 0 bridgehead atoms. The van der Waals surface area contributed by atoms with Crippen LogP contribution in [0.1, 0.15) is 41.5 Å². The third-order valence-electron chi connectivity index (χ3n) is 3.23. The maximum atomic E-state index is 12.7. The molecule has 1 aromatic rings. The van der Waals surface area contributed by atoms with E-state index in [-0.39, 0.29) is 21.9 Å². The molecule has 8 heteroatoms. The second-order valence-electron chi connectivity index (χ2n) is 6.87. The quantitative estimate of drug-likeness (QED) is 0.218. The molecule has 2 amide bonds. The second kappa shape index (κ2) is 7.33. The van der Waals surface area contributed by atoms with Crippen molar-refractivity contribution in [2.45, 2.75) is 26.4 Å². The van der Waals surface area contributed by atoms with Crippen molar-refractivity contribution in [3.05, 3.63) is 46.1 Å². The van der Waals surface area contributed by atoms with E-state index in [2.05, 4.69) is 17.6 Å². The molecule has 0 saturated heterocycles. The van der Waals surface area contributed by atoms with Crippen LogP contribution in [0.25, 0.3) is 0 Å². The van der Waals surface area contributed by atoms with Crippen LogP contribution in [0, 0.1) is 0 Å². The van der Waals surface area contributed by atoms with Crippen molar-refractivity contribution < 1.29 is 19.1 Å². The van der Waals surface area contributed by atoms with Crippen LogP contribution < -0.4 is 0 Å². The van der Waals surface area contributed by atoms with Crippen LogP contribution in [0.5, 0.6) is 0 Å². The lowest BCUT2D eigenvalue weighted by Gasteiger charge is -2.24. The molecule has 1 aliphatic heterocycles. The van der Waals surface area contributed by atoms with E-state index in [4.69, 9.17) is 4.74 Å². The molecule has 0 N–H and O–H groups in total. The number of thiol groups is 1. The van der Waals surface area contributed by atoms with E-state index >= 15 is 0 Å². The zero-order valence-corrected chi connectivity index (χ0v) is 16.2. The number of ether oxygens (including phenoxy) is 1. The summed E-state index contributed by atoms with van der Waals surface area (Å²) in [6.07, 6.45) is 1.41. The van der Waals surface area contributed by atoms with Crippen LogP contribution in [0.3, 0.4) is 0 Å². The Labute approximate surface area is 157 Å². The molecule has 0 spiro atoms. The van der Waals surface area contributed by atoms with Gasteiger partial charge in [-0.05, 0) is 32.9 Å². The highest BCUT2D eigenvalue weighted by Gasteiger charge is 2.42. The molecule has 0 radical (unpaired) electrons. The average Bonchev–Trinajstić information content (AvgIpc) is 2.77. The van der Waals surface area contributed by atoms with Crippen LogP contribution in [-0.4, -0.2) is 53.6 Å². The number of esters is 1. The topological polar surface area (TPSA) is 79.3 Å². The van der Waals surface area contributed by atoms with Gasteiger partial charge in [-0.25, -0.2) is 14.7 Å². The molecule has 1 heterocycles. The minimum absolute atomic E-state index is 0.0949. The molecule has 0 atom stereocenters. The van der Waals surface area contributed by atoms with E-state index in [0.717, 1.165) is 4.90 Å². The van der Waals surface area contributed by atoms with Crippen molar-refractivity contribution in [3.63, 3.8) is 0 Å². The predicted molar refractivity (Wildman–Crippen MR) is 101 cm³/mol. The number of benzene rings is 1. The summed E-state index contributed by atoms with van der Waals surface area (Å²) < 4.78 is 5.36. The standard InChI is InChI=1S/C18H21N3O4S/c1-18(2,3)25-17(24)13(14(26)19-10-20(4)5)21-15(22)11-8-6-7-9-12(11)16(21)23/h6-10,26H,1-5H3/b14-13-,19-10+. The van der Waals surface area contributed by atoms with Crippen molar-refractivity contribution in [3.8, 4) is 0 Å². The number of fused-ring (bicyclic) bond motifs is 1. The zero-order valence-electron chi connectivity index (χ0n) is 15.3. The van der Waals surface area contributed by atoms with Gasteiger partial charge in [-0.15, -0.1) is 12.6 Å². The van der Waals surface area contributed by atoms with Gasteiger partial charge in [-0.1, -0.05) is 12.1 Å². The van der Waals surface area contributed by atoms with Crippen LogP contribution in [-0.2, 0) is 9.53 Å². The number of nitrogens with zero attached hydrogens (tertiary/aromatic N) is 3. The highest BCUT2D eigenvalue weighted by atomic mass is 32.1. The Morgan fingerprint density at radius 1 is 1.15 bits per heavy atom. The highest BCUT2D eigenvalue weighted by molar-refractivity contribution is 7.84. The molecule has 0 aromatic heterocycles. The molecule has 0 fully saturated rings. The Bertz CT molecular complexity index is 787. The Morgan fingerprint density at radius 3 is 2.08 bits per heavy atom. The maximum absolute atomic E-state index is 12.7. The van der Waals surface area contributed by atoms with Gasteiger partial charge in [0.1, 0.15) is 10.6 Å². The molecular weight excluding hydrogens is 354 g/mol. The van der Waals surface area contributed by atoms with Crippen molar-refractivity contribution in [1.82, 2.24) is 9.80 Å². The summed E-state index contributed by atoms with van der Waals surface area (Å²) in [6, 6.07) is 6.36. The molecule has 138 valence electrons. The lowest BCUT2D eigenvalue weighted by Crippen LogP contribution is -2.37. The van der Waals surface area contributed by atoms with Gasteiger partial charge in [-0.3, -0.25) is 9.59 Å². The summed E-state index contributed by atoms with van der Waals surface area (Å²) in [5.41, 5.74) is -0.694. The van der Waals surface area contributed by atoms with Gasteiger partial charge in [0.2, 0.25) is 0 Å². The van der Waals surface area contributed by atoms with E-state index in [1.54, 1.807) is 51.9 Å². The Kier molecular flexibility index (Phi) is 5.56. The maximum Gasteiger partial charge on any atom is 0.358 e. The smallest absolute Gasteiger partial charge is 0.358 e. The van der Waals surface area contributed by atoms with Gasteiger partial charge >= 0.3 is 5.97 Å². The third-order valence-corrected chi connectivity index (χ3v) is 3.56. The van der Waals surface area contributed by atoms with Gasteiger partial charge < -0.3 is 9.64 Å². The number of hydrogen-bond acceptors (Lipinski definition) is 6. The van der Waals surface area contributed by atoms with E-state index in [1.807, 2.05) is 0 Å². The number of aliphatic imine (C=N–C) groups is 1. The summed E-state index contributed by atoms with van der Waals surface area (Å²) in [6.45, 7) is 5.06. The van der Waals surface area contributed by atoms with Gasteiger partial charge in [0, 0.05) is 14.1 Å². The molecule has 1 aromatic carbocycles. The van der Waals surface area contributed by atoms with Crippen molar-refractivity contribution >= 4 is 36.8 Å². The number of hydrogen-bond donors (Lipinski definition) is 1. The number of carbonyl (C=O) groups excluding carboxylic acids is 3. The molecule has 0 unspecified atom stereocenters. The summed E-state index contributed by atoms with van der Waals surface area (Å²) in [5, 5.41) is -0.0949. The normalized spacial score (nSPS) is 15.2. The molecule has 26 heavy (non-hydrogen) atoms. The largest absolute Gasteiger partial charge is 0.455 e. The predicted octanol–water partition coefficient (Wildman–Crippen LogP) is 2.31. The highest BCUT2D eigenvalue weighted by Crippen LogP contribution is 2.30. The van der Waals surface area contributed by atoms with Crippen molar-refractivity contribution in [1.29, 1.82) is 0 Å². The fourth-order valence-electron chi connectivity index (χ4n) is 2.23. The van der Waals surface area contributed by atoms with Gasteiger partial charge in [0.25, 0.3) is 11.8 Å².